The van der Waals surface area contributed by atoms with Crippen LogP contribution in [-0.4, -0.2) is 23.4 Å². The lowest BCUT2D eigenvalue weighted by Gasteiger charge is -2.16. The summed E-state index contributed by atoms with van der Waals surface area (Å²) < 4.78 is 83.6. The number of halogens is 2. The number of benzene rings is 3. The van der Waals surface area contributed by atoms with Gasteiger partial charge in [-0.15, -0.1) is 24.8 Å². The maximum atomic E-state index is 13.2. The molecule has 4 rings (SSSR count). The van der Waals surface area contributed by atoms with Crippen LogP contribution in [0.3, 0.4) is 0 Å². The van der Waals surface area contributed by atoms with Crippen LogP contribution in [0.25, 0.3) is 10.8 Å². The number of hydrogen-bond donors (Lipinski definition) is 2. The van der Waals surface area contributed by atoms with Gasteiger partial charge in [0.25, 0.3) is 0 Å². The number of anilines is 1. The maximum absolute atomic E-state index is 13.2. The summed E-state index contributed by atoms with van der Waals surface area (Å²) in [6.45, 7) is -10.9. The van der Waals surface area contributed by atoms with Crippen LogP contribution in [0.1, 0.15) is 52.2 Å². The molecular weight excluding hydrogens is 497 g/mol. The third-order valence-corrected chi connectivity index (χ3v) is 5.08. The van der Waals surface area contributed by atoms with E-state index in [0.29, 0.717) is 5.69 Å². The molecule has 8 heteroatoms. The molecule has 0 aliphatic carbocycles. The second-order valence-corrected chi connectivity index (χ2v) is 7.40. The molecule has 4 aromatic rings. The molecule has 1 atom stereocenters. The molecule has 0 aliphatic rings. The van der Waals surface area contributed by atoms with Crippen molar-refractivity contribution in [3.05, 3.63) is 107 Å². The summed E-state index contributed by atoms with van der Waals surface area (Å²) in [5, 5.41) is 4.29. The molecule has 188 valence electrons. The number of pyridine rings is 1. The van der Waals surface area contributed by atoms with Crippen molar-refractivity contribution in [1.29, 1.82) is 0 Å². The number of amides is 1. The number of hydrogen-bond acceptors (Lipinski definition) is 5. The second kappa shape index (κ2) is 13.0. The minimum Gasteiger partial charge on any atom is -0.457 e. The molecule has 0 saturated carbocycles. The van der Waals surface area contributed by atoms with E-state index in [1.807, 2.05) is 0 Å². The fourth-order valence-electron chi connectivity index (χ4n) is 3.32. The van der Waals surface area contributed by atoms with Crippen molar-refractivity contribution in [3.8, 4) is 0 Å². The number of fused-ring (bicyclic) bond motifs is 1. The van der Waals surface area contributed by atoms with E-state index in [1.165, 1.54) is 24.3 Å². The number of nitrogens with two attached hydrogens (primary N) is 1. The normalized spacial score (nSPS) is 16.7. The molecular formula is C28H29Cl2N3O3. The minimum atomic E-state index is -2.90. The molecule has 1 unspecified atom stereocenters. The minimum absolute atomic E-state index is 0. The van der Waals surface area contributed by atoms with Crippen molar-refractivity contribution in [3.63, 3.8) is 0 Å². The number of carbonyl (C=O) groups excluding carboxylic acids is 2. The molecule has 3 aromatic carbocycles. The third-order valence-electron chi connectivity index (χ3n) is 5.08. The number of nitrogens with zero attached hydrogens (tertiary/aromatic N) is 1. The van der Waals surface area contributed by atoms with Gasteiger partial charge in [-0.25, -0.2) is 4.79 Å². The fourth-order valence-corrected chi connectivity index (χ4v) is 3.32. The van der Waals surface area contributed by atoms with Crippen LogP contribution in [0, 0.1) is 13.7 Å². The number of aryl methyl sites for hydroxylation is 2. The molecule has 1 aromatic heterocycles. The van der Waals surface area contributed by atoms with Crippen molar-refractivity contribution < 1.29 is 28.0 Å². The SMILES string of the molecule is Cl.Cl.[2H]C([2H])([2H])c1ccc(C(=O)OC([2H])([2H])c2ccc(C(C(=O)Nc3ccc4cnccc4c3)C([2H])([2H])N)cc2)c(C([2H])([2H])[2H])c1. The van der Waals surface area contributed by atoms with E-state index < -0.39 is 55.7 Å². The largest absolute Gasteiger partial charge is 0.457 e. The highest BCUT2D eigenvalue weighted by Gasteiger charge is 2.19. The molecule has 6 nitrogen and oxygen atoms in total. The average molecular weight is 537 g/mol. The number of rotatable bonds is 7. The topological polar surface area (TPSA) is 94.3 Å². The monoisotopic (exact) mass is 535 g/mol. The predicted octanol–water partition coefficient (Wildman–Crippen LogP) is 5.73. The number of carbonyl (C=O) groups is 2. The summed E-state index contributed by atoms with van der Waals surface area (Å²) in [5.74, 6) is -3.62. The smallest absolute Gasteiger partial charge is 0.338 e. The van der Waals surface area contributed by atoms with Crippen molar-refractivity contribution >= 4 is 53.2 Å². The summed E-state index contributed by atoms with van der Waals surface area (Å²) >= 11 is 0. The first kappa shape index (κ1) is 17.1. The van der Waals surface area contributed by atoms with E-state index in [1.54, 1.807) is 36.7 Å². The van der Waals surface area contributed by atoms with E-state index >= 15 is 0 Å². The van der Waals surface area contributed by atoms with Crippen LogP contribution in [-0.2, 0) is 16.1 Å². The maximum Gasteiger partial charge on any atom is 0.338 e. The van der Waals surface area contributed by atoms with Crippen LogP contribution < -0.4 is 11.1 Å². The van der Waals surface area contributed by atoms with E-state index in [2.05, 4.69) is 10.3 Å². The Kier molecular flexibility index (Phi) is 6.18. The summed E-state index contributed by atoms with van der Waals surface area (Å²) in [6, 6.07) is 14.6. The van der Waals surface area contributed by atoms with Crippen LogP contribution in [0.4, 0.5) is 5.69 Å². The predicted molar refractivity (Wildman–Crippen MR) is 148 cm³/mol. The highest BCUT2D eigenvalue weighted by atomic mass is 35.5. The molecule has 0 radical (unpaired) electrons. The number of esters is 1. The highest BCUT2D eigenvalue weighted by molar-refractivity contribution is 5.98. The molecule has 36 heavy (non-hydrogen) atoms. The summed E-state index contributed by atoms with van der Waals surface area (Å²) in [6.07, 6.45) is 3.25. The van der Waals surface area contributed by atoms with Gasteiger partial charge in [-0.3, -0.25) is 9.78 Å². The molecule has 1 heterocycles. The zero-order valence-electron chi connectivity index (χ0n) is 28.6. The van der Waals surface area contributed by atoms with Gasteiger partial charge in [0.15, 0.2) is 0 Å². The zero-order chi connectivity index (χ0) is 32.7. The van der Waals surface area contributed by atoms with Crippen LogP contribution in [0.5, 0.6) is 0 Å². The first-order valence-electron chi connectivity index (χ1n) is 15.2. The van der Waals surface area contributed by atoms with Crippen molar-refractivity contribution in [1.82, 2.24) is 4.98 Å². The molecule has 0 fully saturated rings. The van der Waals surface area contributed by atoms with Crippen LogP contribution in [0.15, 0.2) is 79.1 Å². The fraction of sp³-hybridized carbons (Fsp3) is 0.179. The Labute approximate surface area is 237 Å². The molecule has 0 aliphatic heterocycles. The van der Waals surface area contributed by atoms with Gasteiger partial charge in [0.1, 0.15) is 6.56 Å². The Balaban J connectivity index is 0.00000368. The van der Waals surface area contributed by atoms with Gasteiger partial charge in [0, 0.05) is 40.9 Å². The highest BCUT2D eigenvalue weighted by Crippen LogP contribution is 2.22. The van der Waals surface area contributed by atoms with Gasteiger partial charge >= 0.3 is 5.97 Å². The second-order valence-electron chi connectivity index (χ2n) is 7.40. The number of aromatic nitrogens is 1. The molecule has 3 N–H and O–H groups in total. The van der Waals surface area contributed by atoms with E-state index in [0.717, 1.165) is 29.0 Å². The summed E-state index contributed by atoms with van der Waals surface area (Å²) in [7, 11) is 0. The van der Waals surface area contributed by atoms with Gasteiger partial charge in [0.05, 0.1) is 14.2 Å². The molecule has 0 bridgehead atoms. The Bertz CT molecular complexity index is 1710. The quantitative estimate of drug-likeness (QED) is 0.294. The van der Waals surface area contributed by atoms with Crippen LogP contribution in [0.2, 0.25) is 0 Å². The Morgan fingerprint density at radius 3 is 2.56 bits per heavy atom. The molecule has 1 amide bonds. The Hall–Kier alpha value is -3.45. The van der Waals surface area contributed by atoms with Gasteiger partial charge < -0.3 is 15.8 Å². The van der Waals surface area contributed by atoms with Gasteiger partial charge in [-0.1, -0.05) is 48.0 Å². The first-order valence-corrected chi connectivity index (χ1v) is 10.2. The third kappa shape index (κ3) is 6.82. The average Bonchev–Trinajstić information content (AvgIpc) is 2.91. The lowest BCUT2D eigenvalue weighted by molar-refractivity contribution is -0.117. The molecule has 0 saturated heterocycles. The van der Waals surface area contributed by atoms with E-state index in [4.69, 9.17) is 24.2 Å². The first-order chi connectivity index (χ1) is 20.3. The number of nitrogens with one attached hydrogen (secondary N) is 1. The van der Waals surface area contributed by atoms with Crippen LogP contribution >= 0.6 is 24.8 Å². The van der Waals surface area contributed by atoms with Gasteiger partial charge in [0.2, 0.25) is 5.91 Å². The van der Waals surface area contributed by atoms with Crippen molar-refractivity contribution in [2.24, 2.45) is 5.73 Å². The van der Waals surface area contributed by atoms with Gasteiger partial charge in [-0.2, -0.15) is 0 Å². The van der Waals surface area contributed by atoms with Crippen molar-refractivity contribution in [2.45, 2.75) is 26.2 Å². The van der Waals surface area contributed by atoms with Crippen molar-refractivity contribution in [2.75, 3.05) is 11.8 Å². The Morgan fingerprint density at radius 2 is 1.83 bits per heavy atom. The lowest BCUT2D eigenvalue weighted by atomic mass is 9.97. The Morgan fingerprint density at radius 1 is 1.03 bits per heavy atom. The van der Waals surface area contributed by atoms with E-state index in [9.17, 15) is 9.59 Å². The zero-order valence-corrected chi connectivity index (χ0v) is 20.3. The molecule has 0 spiro atoms. The summed E-state index contributed by atoms with van der Waals surface area (Å²) in [4.78, 5) is 30.2. The van der Waals surface area contributed by atoms with Gasteiger partial charge in [-0.05, 0) is 60.0 Å². The standard InChI is InChI=1S/C28H27N3O3.2ClH/c1-18-3-10-25(19(2)13-18)28(33)34-17-20-4-6-21(7-5-20)26(15-29)27(32)31-24-9-8-23-16-30-12-11-22(23)14-24;;/h3-14,16,26H,15,17,29H2,1-2H3,(H,31,32);2*1H/i1D3,2D3,15D2,17D2;;. The summed E-state index contributed by atoms with van der Waals surface area (Å²) in [5.41, 5.74) is 4.59. The lowest BCUT2D eigenvalue weighted by Crippen LogP contribution is -2.27. The number of ether oxygens (including phenoxy) is 1. The van der Waals surface area contributed by atoms with E-state index in [-0.39, 0.29) is 41.5 Å².